The van der Waals surface area contributed by atoms with E-state index in [1.807, 2.05) is 0 Å². The van der Waals surface area contributed by atoms with Gasteiger partial charge in [-0.15, -0.1) is 0 Å². The van der Waals surface area contributed by atoms with Crippen molar-refractivity contribution in [3.05, 3.63) is 52.6 Å². The third-order valence-electron chi connectivity index (χ3n) is 6.63. The molecule has 3 aromatic rings. The number of aryl methyl sites for hydroxylation is 1. The highest BCUT2D eigenvalue weighted by molar-refractivity contribution is 5.88. The highest BCUT2D eigenvalue weighted by atomic mass is 19.3. The fraction of sp³-hybridized carbons (Fsp3) is 0.440. The van der Waals surface area contributed by atoms with Gasteiger partial charge in [-0.1, -0.05) is 18.2 Å². The van der Waals surface area contributed by atoms with Gasteiger partial charge in [0.25, 0.3) is 12.3 Å². The van der Waals surface area contributed by atoms with Crippen molar-refractivity contribution < 1.29 is 32.2 Å². The van der Waals surface area contributed by atoms with E-state index in [2.05, 4.69) is 20.3 Å². The molecule has 4 rings (SSSR count). The summed E-state index contributed by atoms with van der Waals surface area (Å²) in [5, 5.41) is 14.9. The first-order valence-corrected chi connectivity index (χ1v) is 11.7. The number of amides is 1. The molecule has 1 amide bonds. The fourth-order valence-corrected chi connectivity index (χ4v) is 4.58. The third kappa shape index (κ3) is 5.15. The largest absolute Gasteiger partial charge is 0.481 e. The maximum Gasteiger partial charge on any atom is 0.266 e. The molecule has 1 unspecified atom stereocenters. The number of hydrogen-bond acceptors (Lipinski definition) is 7. The van der Waals surface area contributed by atoms with Crippen molar-refractivity contribution in [2.24, 2.45) is 0 Å². The number of fused-ring (bicyclic) bond motifs is 1. The molecule has 3 heterocycles. The number of ether oxygens (including phenoxy) is 1. The first-order chi connectivity index (χ1) is 17.6. The number of carbonyl (C=O) groups is 1. The zero-order valence-corrected chi connectivity index (χ0v) is 20.6. The Kier molecular flexibility index (Phi) is 7.49. The number of methoxy groups -OCH3 is 1. The van der Waals surface area contributed by atoms with Gasteiger partial charge in [0.1, 0.15) is 17.5 Å². The van der Waals surface area contributed by atoms with Gasteiger partial charge in [0.05, 0.1) is 29.7 Å². The molecule has 37 heavy (non-hydrogen) atoms. The molecule has 1 aliphatic heterocycles. The SMILES string of the molecule is COc1nc2nc(C)nc(NC(C)c3cccc(C(F)F)c3F)c2cc1C1(O)CCN(C(=O)CF)CC1. The van der Waals surface area contributed by atoms with Gasteiger partial charge >= 0.3 is 0 Å². The average molecular weight is 522 g/mol. The number of carbonyl (C=O) groups excluding carboxylic acids is 1. The standard InChI is InChI=1S/C25H27F4N5O3/c1-13(15-5-4-6-16(20(15)27)21(28)29)30-22-17-11-18(24(37-3)33-23(17)32-14(2)31-22)25(36)7-9-34(10-8-25)19(35)12-26/h4-6,11,13,21,36H,7-10,12H2,1-3H3,(H,30,31,32,33). The van der Waals surface area contributed by atoms with Crippen LogP contribution in [-0.2, 0) is 10.4 Å². The normalized spacial score (nSPS) is 16.2. The highest BCUT2D eigenvalue weighted by Crippen LogP contribution is 2.40. The summed E-state index contributed by atoms with van der Waals surface area (Å²) in [4.78, 5) is 26.3. The molecule has 1 saturated heterocycles. The van der Waals surface area contributed by atoms with Crippen LogP contribution in [0.15, 0.2) is 24.3 Å². The van der Waals surface area contributed by atoms with Crippen molar-refractivity contribution in [1.29, 1.82) is 0 Å². The van der Waals surface area contributed by atoms with E-state index < -0.39 is 42.0 Å². The van der Waals surface area contributed by atoms with Crippen LogP contribution in [0.4, 0.5) is 23.4 Å². The van der Waals surface area contributed by atoms with Gasteiger partial charge < -0.3 is 20.1 Å². The molecule has 0 aliphatic carbocycles. The number of piperidine rings is 1. The van der Waals surface area contributed by atoms with E-state index in [0.29, 0.717) is 16.8 Å². The summed E-state index contributed by atoms with van der Waals surface area (Å²) in [6.45, 7) is 2.43. The van der Waals surface area contributed by atoms with Crippen LogP contribution >= 0.6 is 0 Å². The summed E-state index contributed by atoms with van der Waals surface area (Å²) in [5.41, 5.74) is -1.50. The van der Waals surface area contributed by atoms with Crippen LogP contribution in [0, 0.1) is 12.7 Å². The fourth-order valence-electron chi connectivity index (χ4n) is 4.58. The Hall–Kier alpha value is -3.54. The second-order valence-corrected chi connectivity index (χ2v) is 9.00. The predicted molar refractivity (Wildman–Crippen MR) is 128 cm³/mol. The van der Waals surface area contributed by atoms with Crippen LogP contribution in [0.25, 0.3) is 11.0 Å². The quantitative estimate of drug-likeness (QED) is 0.446. The molecule has 1 atom stereocenters. The van der Waals surface area contributed by atoms with Gasteiger partial charge in [-0.25, -0.2) is 27.5 Å². The molecule has 0 bridgehead atoms. The van der Waals surface area contributed by atoms with E-state index in [9.17, 15) is 27.5 Å². The van der Waals surface area contributed by atoms with E-state index in [0.717, 1.165) is 6.07 Å². The van der Waals surface area contributed by atoms with Crippen LogP contribution in [0.3, 0.4) is 0 Å². The summed E-state index contributed by atoms with van der Waals surface area (Å²) in [7, 11) is 1.40. The molecule has 0 saturated carbocycles. The van der Waals surface area contributed by atoms with Crippen LogP contribution < -0.4 is 10.1 Å². The maximum atomic E-state index is 14.8. The number of aromatic nitrogens is 3. The molecule has 2 aromatic heterocycles. The zero-order valence-electron chi connectivity index (χ0n) is 20.6. The molecule has 198 valence electrons. The number of alkyl halides is 3. The lowest BCUT2D eigenvalue weighted by Crippen LogP contribution is -2.45. The number of pyridine rings is 1. The van der Waals surface area contributed by atoms with Gasteiger partial charge in [-0.05, 0) is 32.8 Å². The summed E-state index contributed by atoms with van der Waals surface area (Å²) < 4.78 is 59.4. The highest BCUT2D eigenvalue weighted by Gasteiger charge is 2.38. The average Bonchev–Trinajstić information content (AvgIpc) is 2.87. The monoisotopic (exact) mass is 521 g/mol. The molecule has 0 radical (unpaired) electrons. The Labute approximate surface area is 210 Å². The lowest BCUT2D eigenvalue weighted by atomic mass is 9.84. The number of aliphatic hydroxyl groups is 1. The first-order valence-electron chi connectivity index (χ1n) is 11.7. The lowest BCUT2D eigenvalue weighted by molar-refractivity contribution is -0.136. The van der Waals surface area contributed by atoms with E-state index in [4.69, 9.17) is 4.74 Å². The van der Waals surface area contributed by atoms with Crippen LogP contribution in [0.1, 0.15) is 54.7 Å². The third-order valence-corrected chi connectivity index (χ3v) is 6.63. The Morgan fingerprint density at radius 2 is 1.89 bits per heavy atom. The maximum absolute atomic E-state index is 14.8. The van der Waals surface area contributed by atoms with Crippen molar-refractivity contribution in [3.8, 4) is 5.88 Å². The summed E-state index contributed by atoms with van der Waals surface area (Å²) >= 11 is 0. The minimum absolute atomic E-state index is 0.0347. The van der Waals surface area contributed by atoms with E-state index in [1.54, 1.807) is 19.9 Å². The van der Waals surface area contributed by atoms with E-state index in [-0.39, 0.29) is 48.8 Å². The molecule has 8 nitrogen and oxygen atoms in total. The van der Waals surface area contributed by atoms with Crippen LogP contribution in [0.2, 0.25) is 0 Å². The number of likely N-dealkylation sites (tertiary alicyclic amines) is 1. The summed E-state index contributed by atoms with van der Waals surface area (Å²) in [5.74, 6) is -0.895. The molecule has 12 heteroatoms. The topological polar surface area (TPSA) is 100 Å². The number of halogens is 4. The minimum Gasteiger partial charge on any atom is -0.481 e. The smallest absolute Gasteiger partial charge is 0.266 e. The van der Waals surface area contributed by atoms with Gasteiger partial charge in [0.15, 0.2) is 12.3 Å². The number of benzene rings is 1. The zero-order chi connectivity index (χ0) is 26.9. The molecule has 1 aromatic carbocycles. The number of anilines is 1. The molecule has 0 spiro atoms. The molecular weight excluding hydrogens is 494 g/mol. The molecule has 1 aliphatic rings. The van der Waals surface area contributed by atoms with E-state index in [1.165, 1.54) is 24.1 Å². The van der Waals surface area contributed by atoms with Crippen molar-refractivity contribution in [2.75, 3.05) is 32.2 Å². The minimum atomic E-state index is -2.96. The Morgan fingerprint density at radius 3 is 2.51 bits per heavy atom. The van der Waals surface area contributed by atoms with Crippen LogP contribution in [-0.4, -0.2) is 57.7 Å². The van der Waals surface area contributed by atoms with Gasteiger partial charge in [-0.2, -0.15) is 4.98 Å². The van der Waals surface area contributed by atoms with Gasteiger partial charge in [0.2, 0.25) is 5.88 Å². The second kappa shape index (κ2) is 10.4. The Balaban J connectivity index is 1.74. The number of rotatable bonds is 7. The van der Waals surface area contributed by atoms with Crippen molar-refractivity contribution >= 4 is 22.8 Å². The second-order valence-electron chi connectivity index (χ2n) is 9.00. The number of nitrogens with zero attached hydrogens (tertiary/aromatic N) is 4. The number of hydrogen-bond donors (Lipinski definition) is 2. The van der Waals surface area contributed by atoms with Crippen molar-refractivity contribution in [1.82, 2.24) is 19.9 Å². The van der Waals surface area contributed by atoms with Crippen molar-refractivity contribution in [2.45, 2.75) is 44.8 Å². The Morgan fingerprint density at radius 1 is 1.22 bits per heavy atom. The van der Waals surface area contributed by atoms with Crippen LogP contribution in [0.5, 0.6) is 5.88 Å². The van der Waals surface area contributed by atoms with E-state index >= 15 is 0 Å². The predicted octanol–water partition coefficient (Wildman–Crippen LogP) is 4.37. The molecular formula is C25H27F4N5O3. The van der Waals surface area contributed by atoms with Gasteiger partial charge in [-0.3, -0.25) is 4.79 Å². The summed E-state index contributed by atoms with van der Waals surface area (Å²) in [6, 6.07) is 4.68. The summed E-state index contributed by atoms with van der Waals surface area (Å²) in [6.07, 6.45) is -2.71. The molecule has 1 fully saturated rings. The number of nitrogens with one attached hydrogen (secondary N) is 1. The molecule has 2 N–H and O–H groups in total. The Bertz CT molecular complexity index is 1320. The van der Waals surface area contributed by atoms with Gasteiger partial charge in [0, 0.05) is 24.2 Å². The first kappa shape index (κ1) is 26.5. The lowest BCUT2D eigenvalue weighted by Gasteiger charge is -2.38. The van der Waals surface area contributed by atoms with Crippen molar-refractivity contribution in [3.63, 3.8) is 0 Å².